The monoisotopic (exact) mass is 325 g/mol. The van der Waals surface area contributed by atoms with Crippen molar-refractivity contribution in [2.45, 2.75) is 12.8 Å². The van der Waals surface area contributed by atoms with E-state index >= 15 is 0 Å². The van der Waals surface area contributed by atoms with Crippen molar-refractivity contribution in [3.63, 3.8) is 0 Å². The Balaban J connectivity index is 2.49. The Hall–Kier alpha value is -1.78. The molecule has 0 fully saturated rings. The SMILES string of the molecule is CC(C(=O)O)c1c(Cl)cc(C(=O)c2cccc(Cl)c2)n1C. The highest BCUT2D eigenvalue weighted by Crippen LogP contribution is 2.29. The highest BCUT2D eigenvalue weighted by molar-refractivity contribution is 6.32. The van der Waals surface area contributed by atoms with Gasteiger partial charge in [0, 0.05) is 17.6 Å². The van der Waals surface area contributed by atoms with Gasteiger partial charge in [-0.3, -0.25) is 9.59 Å². The van der Waals surface area contributed by atoms with Crippen molar-refractivity contribution in [3.05, 3.63) is 57.3 Å². The summed E-state index contributed by atoms with van der Waals surface area (Å²) in [5, 5.41) is 9.83. The second kappa shape index (κ2) is 5.92. The van der Waals surface area contributed by atoms with Gasteiger partial charge in [-0.2, -0.15) is 0 Å². The molecule has 1 aromatic carbocycles. The number of rotatable bonds is 4. The largest absolute Gasteiger partial charge is 0.481 e. The lowest BCUT2D eigenvalue weighted by Gasteiger charge is -2.11. The number of carboxylic acids is 1. The molecule has 2 rings (SSSR count). The van der Waals surface area contributed by atoms with Gasteiger partial charge < -0.3 is 9.67 Å². The molecule has 0 radical (unpaired) electrons. The standard InChI is InChI=1S/C15H13Cl2NO3/c1-8(15(20)21)13-11(17)7-12(18(13)2)14(19)9-4-3-5-10(16)6-9/h3-8H,1-2H3,(H,20,21). The van der Waals surface area contributed by atoms with Gasteiger partial charge in [0.05, 0.1) is 22.3 Å². The third kappa shape index (κ3) is 2.96. The zero-order valence-corrected chi connectivity index (χ0v) is 12.9. The molecule has 1 atom stereocenters. The van der Waals surface area contributed by atoms with Crippen molar-refractivity contribution >= 4 is 35.0 Å². The summed E-state index contributed by atoms with van der Waals surface area (Å²) >= 11 is 12.0. The number of halogens is 2. The Labute approximate surface area is 131 Å². The molecular weight excluding hydrogens is 313 g/mol. The molecule has 0 saturated carbocycles. The minimum Gasteiger partial charge on any atom is -0.481 e. The number of hydrogen-bond donors (Lipinski definition) is 1. The first-order valence-corrected chi connectivity index (χ1v) is 6.96. The molecule has 0 aliphatic carbocycles. The van der Waals surface area contributed by atoms with Crippen LogP contribution in [0.1, 0.15) is 34.6 Å². The van der Waals surface area contributed by atoms with E-state index in [4.69, 9.17) is 28.3 Å². The van der Waals surface area contributed by atoms with E-state index in [0.717, 1.165) is 0 Å². The maximum atomic E-state index is 12.5. The van der Waals surface area contributed by atoms with Gasteiger partial charge >= 0.3 is 5.97 Å². The number of nitrogens with zero attached hydrogens (tertiary/aromatic N) is 1. The Morgan fingerprint density at radius 1 is 1.24 bits per heavy atom. The summed E-state index contributed by atoms with van der Waals surface area (Å²) in [5.74, 6) is -2.06. The predicted molar refractivity (Wildman–Crippen MR) is 81.4 cm³/mol. The lowest BCUT2D eigenvalue weighted by molar-refractivity contribution is -0.138. The van der Waals surface area contributed by atoms with Gasteiger partial charge in [0.25, 0.3) is 0 Å². The van der Waals surface area contributed by atoms with E-state index in [9.17, 15) is 9.59 Å². The first-order valence-electron chi connectivity index (χ1n) is 6.21. The molecule has 2 aromatic rings. The number of benzene rings is 1. The highest BCUT2D eigenvalue weighted by atomic mass is 35.5. The van der Waals surface area contributed by atoms with Crippen molar-refractivity contribution in [1.29, 1.82) is 0 Å². The van der Waals surface area contributed by atoms with Crippen LogP contribution in [0.5, 0.6) is 0 Å². The van der Waals surface area contributed by atoms with Gasteiger partial charge in [-0.1, -0.05) is 35.3 Å². The second-order valence-electron chi connectivity index (χ2n) is 4.72. The second-order valence-corrected chi connectivity index (χ2v) is 5.56. The fourth-order valence-corrected chi connectivity index (χ4v) is 2.77. The molecule has 21 heavy (non-hydrogen) atoms. The predicted octanol–water partition coefficient (Wildman–Crippen LogP) is 3.75. The number of aliphatic carboxylic acids is 1. The summed E-state index contributed by atoms with van der Waals surface area (Å²) in [6.07, 6.45) is 0. The zero-order chi connectivity index (χ0) is 15.7. The summed E-state index contributed by atoms with van der Waals surface area (Å²) in [6.45, 7) is 1.52. The van der Waals surface area contributed by atoms with Crippen LogP contribution in [0.25, 0.3) is 0 Å². The van der Waals surface area contributed by atoms with E-state index in [0.29, 0.717) is 22.0 Å². The molecular formula is C15H13Cl2NO3. The molecule has 1 aromatic heterocycles. The number of aromatic nitrogens is 1. The van der Waals surface area contributed by atoms with Gasteiger partial charge in [-0.05, 0) is 25.1 Å². The maximum Gasteiger partial charge on any atom is 0.312 e. The highest BCUT2D eigenvalue weighted by Gasteiger charge is 2.25. The fourth-order valence-electron chi connectivity index (χ4n) is 2.19. The molecule has 1 N–H and O–H groups in total. The summed E-state index contributed by atoms with van der Waals surface area (Å²) in [4.78, 5) is 23.6. The topological polar surface area (TPSA) is 59.3 Å². The molecule has 6 heteroatoms. The zero-order valence-electron chi connectivity index (χ0n) is 11.4. The van der Waals surface area contributed by atoms with Crippen LogP contribution < -0.4 is 0 Å². The number of hydrogen-bond acceptors (Lipinski definition) is 2. The summed E-state index contributed by atoms with van der Waals surface area (Å²) < 4.78 is 1.52. The smallest absolute Gasteiger partial charge is 0.312 e. The molecule has 4 nitrogen and oxygen atoms in total. The first kappa shape index (κ1) is 15.6. The number of carbonyl (C=O) groups excluding carboxylic acids is 1. The average molecular weight is 326 g/mol. The van der Waals surface area contributed by atoms with Crippen molar-refractivity contribution in [2.24, 2.45) is 7.05 Å². The van der Waals surface area contributed by atoms with Crippen LogP contribution in [0.3, 0.4) is 0 Å². The van der Waals surface area contributed by atoms with E-state index in [2.05, 4.69) is 0 Å². The maximum absolute atomic E-state index is 12.5. The normalized spacial score (nSPS) is 12.2. The van der Waals surface area contributed by atoms with Crippen molar-refractivity contribution in [3.8, 4) is 0 Å². The molecule has 0 amide bonds. The lowest BCUT2D eigenvalue weighted by Crippen LogP contribution is -2.15. The molecule has 110 valence electrons. The van der Waals surface area contributed by atoms with Gasteiger partial charge in [0.1, 0.15) is 0 Å². The van der Waals surface area contributed by atoms with Crippen LogP contribution in [-0.4, -0.2) is 21.4 Å². The number of carbonyl (C=O) groups is 2. The van der Waals surface area contributed by atoms with E-state index in [1.54, 1.807) is 31.3 Å². The minimum atomic E-state index is -1.00. The van der Waals surface area contributed by atoms with E-state index in [1.165, 1.54) is 17.6 Å². The Kier molecular flexibility index (Phi) is 4.40. The van der Waals surface area contributed by atoms with Gasteiger partial charge in [0.15, 0.2) is 0 Å². The Morgan fingerprint density at radius 3 is 2.48 bits per heavy atom. The van der Waals surface area contributed by atoms with Gasteiger partial charge in [0.2, 0.25) is 5.78 Å². The first-order chi connectivity index (χ1) is 9.82. The molecule has 0 bridgehead atoms. The average Bonchev–Trinajstić information content (AvgIpc) is 2.72. The number of ketones is 1. The van der Waals surface area contributed by atoms with Crippen molar-refractivity contribution < 1.29 is 14.7 Å². The van der Waals surface area contributed by atoms with Crippen LogP contribution >= 0.6 is 23.2 Å². The van der Waals surface area contributed by atoms with E-state index in [1.807, 2.05) is 0 Å². The van der Waals surface area contributed by atoms with Crippen LogP contribution in [0.15, 0.2) is 30.3 Å². The molecule has 0 spiro atoms. The Morgan fingerprint density at radius 2 is 1.90 bits per heavy atom. The van der Waals surface area contributed by atoms with Crippen LogP contribution in [0, 0.1) is 0 Å². The molecule has 1 unspecified atom stereocenters. The minimum absolute atomic E-state index is 0.259. The molecule has 0 aliphatic heterocycles. The number of carboxylic acid groups (broad SMARTS) is 1. The lowest BCUT2D eigenvalue weighted by atomic mass is 10.1. The fraction of sp³-hybridized carbons (Fsp3) is 0.200. The summed E-state index contributed by atoms with van der Waals surface area (Å²) in [5.41, 5.74) is 1.15. The quantitative estimate of drug-likeness (QED) is 0.871. The molecule has 1 heterocycles. The van der Waals surface area contributed by atoms with Crippen molar-refractivity contribution in [2.75, 3.05) is 0 Å². The summed E-state index contributed by atoms with van der Waals surface area (Å²) in [7, 11) is 1.62. The third-order valence-corrected chi connectivity index (χ3v) is 3.87. The van der Waals surface area contributed by atoms with Gasteiger partial charge in [-0.25, -0.2) is 0 Å². The molecule has 0 aliphatic rings. The third-order valence-electron chi connectivity index (χ3n) is 3.33. The van der Waals surface area contributed by atoms with Crippen LogP contribution in [0.4, 0.5) is 0 Å². The van der Waals surface area contributed by atoms with E-state index in [-0.39, 0.29) is 10.8 Å². The summed E-state index contributed by atoms with van der Waals surface area (Å²) in [6, 6.07) is 8.05. The van der Waals surface area contributed by atoms with Gasteiger partial charge in [-0.15, -0.1) is 0 Å². The van der Waals surface area contributed by atoms with Crippen LogP contribution in [-0.2, 0) is 11.8 Å². The Bertz CT molecular complexity index is 722. The molecule has 0 saturated heterocycles. The van der Waals surface area contributed by atoms with Crippen LogP contribution in [0.2, 0.25) is 10.0 Å². The van der Waals surface area contributed by atoms with Crippen molar-refractivity contribution in [1.82, 2.24) is 4.57 Å². The van der Waals surface area contributed by atoms with E-state index < -0.39 is 11.9 Å².